The van der Waals surface area contributed by atoms with E-state index < -0.39 is 0 Å². The number of phenolic OH excluding ortho intramolecular Hbond substituents is 1. The zero-order chi connectivity index (χ0) is 10.6. The summed E-state index contributed by atoms with van der Waals surface area (Å²) < 4.78 is 0. The van der Waals surface area contributed by atoms with E-state index in [1.54, 1.807) is 18.2 Å². The Labute approximate surface area is 85.2 Å². The molecule has 0 spiro atoms. The third-order valence-electron chi connectivity index (χ3n) is 2.13. The molecule has 0 bridgehead atoms. The van der Waals surface area contributed by atoms with Crippen LogP contribution >= 0.6 is 0 Å². The van der Waals surface area contributed by atoms with Crippen LogP contribution in [0.15, 0.2) is 24.3 Å². The Hall–Kier alpha value is -1.02. The van der Waals surface area contributed by atoms with Gasteiger partial charge in [-0.15, -0.1) is 0 Å². The van der Waals surface area contributed by atoms with E-state index in [-0.39, 0.29) is 11.9 Å². The van der Waals surface area contributed by atoms with Crippen molar-refractivity contribution < 1.29 is 10.2 Å². The monoisotopic (exact) mass is 194 g/mol. The first-order valence-electron chi connectivity index (χ1n) is 5.04. The minimum absolute atomic E-state index is 0.263. The number of hydrogen-bond acceptors (Lipinski definition) is 2. The molecule has 2 N–H and O–H groups in total. The van der Waals surface area contributed by atoms with Gasteiger partial charge in [0.05, 0.1) is 6.10 Å². The van der Waals surface area contributed by atoms with Crippen LogP contribution in [0.5, 0.6) is 5.75 Å². The summed E-state index contributed by atoms with van der Waals surface area (Å²) in [4.78, 5) is 0. The van der Waals surface area contributed by atoms with Crippen LogP contribution in [0.2, 0.25) is 0 Å². The topological polar surface area (TPSA) is 40.5 Å². The van der Waals surface area contributed by atoms with Gasteiger partial charge in [-0.2, -0.15) is 0 Å². The molecular formula is C12H18O2. The van der Waals surface area contributed by atoms with E-state index in [0.717, 1.165) is 12.0 Å². The van der Waals surface area contributed by atoms with Crippen molar-refractivity contribution >= 4 is 0 Å². The third-order valence-corrected chi connectivity index (χ3v) is 2.13. The molecule has 1 aromatic rings. The molecule has 1 unspecified atom stereocenters. The average molecular weight is 194 g/mol. The van der Waals surface area contributed by atoms with Crippen molar-refractivity contribution in [3.8, 4) is 5.75 Å². The normalized spacial score (nSPS) is 13.1. The van der Waals surface area contributed by atoms with Crippen LogP contribution in [0.1, 0.15) is 25.8 Å². The smallest absolute Gasteiger partial charge is 0.115 e. The van der Waals surface area contributed by atoms with Crippen LogP contribution in [0.4, 0.5) is 0 Å². The summed E-state index contributed by atoms with van der Waals surface area (Å²) in [5.74, 6) is 0.765. The van der Waals surface area contributed by atoms with Gasteiger partial charge in [-0.1, -0.05) is 26.0 Å². The van der Waals surface area contributed by atoms with E-state index in [4.69, 9.17) is 0 Å². The molecule has 14 heavy (non-hydrogen) atoms. The molecule has 0 saturated heterocycles. The Morgan fingerprint density at radius 1 is 1.29 bits per heavy atom. The van der Waals surface area contributed by atoms with Crippen molar-refractivity contribution in [3.63, 3.8) is 0 Å². The number of benzene rings is 1. The minimum atomic E-state index is -0.309. The van der Waals surface area contributed by atoms with Crippen molar-refractivity contribution in [2.45, 2.75) is 32.8 Å². The van der Waals surface area contributed by atoms with Crippen molar-refractivity contribution in [3.05, 3.63) is 29.8 Å². The van der Waals surface area contributed by atoms with Crippen molar-refractivity contribution in [2.24, 2.45) is 5.92 Å². The summed E-state index contributed by atoms with van der Waals surface area (Å²) in [6.07, 6.45) is 1.11. The molecule has 1 aromatic carbocycles. The summed E-state index contributed by atoms with van der Waals surface area (Å²) in [5.41, 5.74) is 0.984. The molecule has 0 radical (unpaired) electrons. The molecule has 78 valence electrons. The van der Waals surface area contributed by atoms with E-state index in [1.165, 1.54) is 0 Å². The van der Waals surface area contributed by atoms with Gasteiger partial charge in [-0.3, -0.25) is 0 Å². The number of phenols is 1. The third kappa shape index (κ3) is 3.79. The zero-order valence-corrected chi connectivity index (χ0v) is 8.77. The Kier molecular flexibility index (Phi) is 3.96. The molecule has 0 aliphatic heterocycles. The maximum atomic E-state index is 9.68. The fourth-order valence-corrected chi connectivity index (χ4v) is 1.58. The fraction of sp³-hybridized carbons (Fsp3) is 0.500. The standard InChI is InChI=1S/C12H18O2/c1-9(2)6-12(14)8-10-4-3-5-11(13)7-10/h3-5,7,9,12-14H,6,8H2,1-2H3. The number of hydrogen-bond donors (Lipinski definition) is 2. The molecule has 0 fully saturated rings. The van der Waals surface area contributed by atoms with E-state index >= 15 is 0 Å². The minimum Gasteiger partial charge on any atom is -0.508 e. The average Bonchev–Trinajstić information content (AvgIpc) is 2.01. The molecule has 2 nitrogen and oxygen atoms in total. The largest absolute Gasteiger partial charge is 0.508 e. The summed E-state index contributed by atoms with van der Waals surface area (Å²) in [6, 6.07) is 7.05. The highest BCUT2D eigenvalue weighted by molar-refractivity contribution is 5.27. The van der Waals surface area contributed by atoms with Crippen molar-refractivity contribution in [1.82, 2.24) is 0 Å². The van der Waals surface area contributed by atoms with Gasteiger partial charge in [0, 0.05) is 0 Å². The van der Waals surface area contributed by atoms with E-state index in [9.17, 15) is 10.2 Å². The van der Waals surface area contributed by atoms with Crippen LogP contribution in [0, 0.1) is 5.92 Å². The molecule has 0 aromatic heterocycles. The summed E-state index contributed by atoms with van der Waals surface area (Å²) >= 11 is 0. The molecular weight excluding hydrogens is 176 g/mol. The molecule has 2 heteroatoms. The Balaban J connectivity index is 2.51. The summed E-state index contributed by atoms with van der Waals surface area (Å²) in [6.45, 7) is 4.18. The molecule has 0 amide bonds. The molecule has 0 aliphatic carbocycles. The van der Waals surface area contributed by atoms with Crippen LogP contribution in [-0.4, -0.2) is 16.3 Å². The lowest BCUT2D eigenvalue weighted by atomic mass is 10.00. The molecule has 0 heterocycles. The highest BCUT2D eigenvalue weighted by atomic mass is 16.3. The van der Waals surface area contributed by atoms with E-state index in [1.807, 2.05) is 6.07 Å². The second kappa shape index (κ2) is 5.01. The predicted octanol–water partition coefficient (Wildman–Crippen LogP) is 2.34. The second-order valence-electron chi connectivity index (χ2n) is 4.16. The van der Waals surface area contributed by atoms with E-state index in [0.29, 0.717) is 12.3 Å². The van der Waals surface area contributed by atoms with Crippen molar-refractivity contribution in [1.29, 1.82) is 0 Å². The molecule has 1 atom stereocenters. The molecule has 0 aliphatic rings. The maximum Gasteiger partial charge on any atom is 0.115 e. The molecule has 0 saturated carbocycles. The van der Waals surface area contributed by atoms with Gasteiger partial charge in [0.2, 0.25) is 0 Å². The maximum absolute atomic E-state index is 9.68. The molecule has 1 rings (SSSR count). The number of aromatic hydroxyl groups is 1. The Morgan fingerprint density at radius 3 is 2.57 bits per heavy atom. The SMILES string of the molecule is CC(C)CC(O)Cc1cccc(O)c1. The van der Waals surface area contributed by atoms with Crippen LogP contribution in [-0.2, 0) is 6.42 Å². The van der Waals surface area contributed by atoms with Crippen LogP contribution in [0.3, 0.4) is 0 Å². The quantitative estimate of drug-likeness (QED) is 0.772. The van der Waals surface area contributed by atoms with Gasteiger partial charge in [-0.05, 0) is 36.5 Å². The number of rotatable bonds is 4. The van der Waals surface area contributed by atoms with Gasteiger partial charge in [0.1, 0.15) is 5.75 Å². The summed E-state index contributed by atoms with van der Waals surface area (Å²) in [7, 11) is 0. The first-order chi connectivity index (χ1) is 6.58. The van der Waals surface area contributed by atoms with Crippen LogP contribution < -0.4 is 0 Å². The zero-order valence-electron chi connectivity index (χ0n) is 8.77. The second-order valence-corrected chi connectivity index (χ2v) is 4.16. The van der Waals surface area contributed by atoms with Crippen molar-refractivity contribution in [2.75, 3.05) is 0 Å². The van der Waals surface area contributed by atoms with Crippen LogP contribution in [0.25, 0.3) is 0 Å². The Morgan fingerprint density at radius 2 is 2.00 bits per heavy atom. The van der Waals surface area contributed by atoms with Gasteiger partial charge in [0.25, 0.3) is 0 Å². The first kappa shape index (κ1) is 11.1. The van der Waals surface area contributed by atoms with Gasteiger partial charge in [0.15, 0.2) is 0 Å². The van der Waals surface area contributed by atoms with Gasteiger partial charge >= 0.3 is 0 Å². The lowest BCUT2D eigenvalue weighted by molar-refractivity contribution is 0.149. The lowest BCUT2D eigenvalue weighted by Crippen LogP contribution is -2.13. The lowest BCUT2D eigenvalue weighted by Gasteiger charge is -2.12. The Bertz CT molecular complexity index is 281. The highest BCUT2D eigenvalue weighted by Crippen LogP contribution is 2.15. The predicted molar refractivity (Wildman–Crippen MR) is 57.3 cm³/mol. The summed E-state index contributed by atoms with van der Waals surface area (Å²) in [5, 5.41) is 18.9. The van der Waals surface area contributed by atoms with Gasteiger partial charge < -0.3 is 10.2 Å². The van der Waals surface area contributed by atoms with E-state index in [2.05, 4.69) is 13.8 Å². The number of aliphatic hydroxyl groups is 1. The fourth-order valence-electron chi connectivity index (χ4n) is 1.58. The number of aliphatic hydroxyl groups excluding tert-OH is 1. The van der Waals surface area contributed by atoms with Gasteiger partial charge in [-0.25, -0.2) is 0 Å². The highest BCUT2D eigenvalue weighted by Gasteiger charge is 2.07. The first-order valence-corrected chi connectivity index (χ1v) is 5.04.